The Bertz CT molecular complexity index is 1380. The van der Waals surface area contributed by atoms with Gasteiger partial charge in [-0.15, -0.1) is 11.3 Å². The lowest BCUT2D eigenvalue weighted by Gasteiger charge is -2.04. The lowest BCUT2D eigenvalue weighted by molar-refractivity contribution is 0.340. The average Bonchev–Trinajstić information content (AvgIpc) is 3.24. The van der Waals surface area contributed by atoms with E-state index in [1.165, 1.54) is 11.3 Å². The third kappa shape index (κ3) is 3.19. The first-order valence-corrected chi connectivity index (χ1v) is 10.3. The molecule has 0 N–H and O–H groups in total. The van der Waals surface area contributed by atoms with E-state index in [9.17, 15) is 4.79 Å². The fourth-order valence-corrected chi connectivity index (χ4v) is 4.27. The Morgan fingerprint density at radius 2 is 1.83 bits per heavy atom. The monoisotopic (exact) mass is 399 g/mol. The number of nitrogens with zero attached hydrogens (tertiary/aromatic N) is 1. The van der Waals surface area contributed by atoms with Gasteiger partial charge in [0.15, 0.2) is 0 Å². The van der Waals surface area contributed by atoms with E-state index >= 15 is 0 Å². The molecule has 2 heterocycles. The summed E-state index contributed by atoms with van der Waals surface area (Å²) in [6.07, 6.45) is 0. The molecule has 5 rings (SSSR count). The van der Waals surface area contributed by atoms with Gasteiger partial charge in [-0.05, 0) is 54.1 Å². The van der Waals surface area contributed by atoms with E-state index in [0.717, 1.165) is 33.2 Å². The van der Waals surface area contributed by atoms with Crippen LogP contribution in [0.5, 0.6) is 5.75 Å². The van der Waals surface area contributed by atoms with Crippen molar-refractivity contribution in [3.63, 3.8) is 0 Å². The maximum absolute atomic E-state index is 12.6. The zero-order valence-corrected chi connectivity index (χ0v) is 16.5. The molecule has 0 unspecified atom stereocenters. The Balaban J connectivity index is 1.60. The predicted octanol–water partition coefficient (Wildman–Crippen LogP) is 6.14. The number of benzene rings is 3. The summed E-state index contributed by atoms with van der Waals surface area (Å²) in [5, 5.41) is 5.68. The molecule has 0 saturated heterocycles. The van der Waals surface area contributed by atoms with Crippen molar-refractivity contribution in [2.24, 2.45) is 0 Å². The van der Waals surface area contributed by atoms with Crippen molar-refractivity contribution in [1.29, 1.82) is 0 Å². The number of fused-ring (bicyclic) bond motifs is 3. The van der Waals surface area contributed by atoms with Crippen molar-refractivity contribution in [3.8, 4) is 27.6 Å². The summed E-state index contributed by atoms with van der Waals surface area (Å²) in [6, 6.07) is 21.6. The maximum Gasteiger partial charge on any atom is 0.346 e. The summed E-state index contributed by atoms with van der Waals surface area (Å²) in [5.74, 6) is 0.828. The van der Waals surface area contributed by atoms with Crippen molar-refractivity contribution in [2.45, 2.75) is 6.92 Å². The van der Waals surface area contributed by atoms with Crippen LogP contribution in [0.15, 0.2) is 81.3 Å². The predicted molar refractivity (Wildman–Crippen MR) is 118 cm³/mol. The minimum Gasteiger partial charge on any atom is -0.494 e. The Morgan fingerprint density at radius 3 is 2.66 bits per heavy atom. The van der Waals surface area contributed by atoms with Crippen LogP contribution >= 0.6 is 11.3 Å². The molecule has 3 aromatic carbocycles. The van der Waals surface area contributed by atoms with Crippen LogP contribution in [0.4, 0.5) is 0 Å². The van der Waals surface area contributed by atoms with Crippen LogP contribution in [0.2, 0.25) is 0 Å². The molecule has 4 nitrogen and oxygen atoms in total. The maximum atomic E-state index is 12.6. The number of aromatic nitrogens is 1. The molecule has 142 valence electrons. The highest BCUT2D eigenvalue weighted by Crippen LogP contribution is 2.31. The van der Waals surface area contributed by atoms with Gasteiger partial charge in [-0.2, -0.15) is 0 Å². The summed E-state index contributed by atoms with van der Waals surface area (Å²) >= 11 is 1.44. The van der Waals surface area contributed by atoms with E-state index in [1.807, 2.05) is 79.0 Å². The fourth-order valence-electron chi connectivity index (χ4n) is 3.44. The smallest absolute Gasteiger partial charge is 0.346 e. The first-order chi connectivity index (χ1) is 14.2. The number of hydrogen-bond acceptors (Lipinski definition) is 5. The lowest BCUT2D eigenvalue weighted by atomic mass is 10.0. The van der Waals surface area contributed by atoms with Gasteiger partial charge in [-0.1, -0.05) is 30.3 Å². The lowest BCUT2D eigenvalue weighted by Crippen LogP contribution is -2.02. The summed E-state index contributed by atoms with van der Waals surface area (Å²) in [7, 11) is 0. The van der Waals surface area contributed by atoms with Gasteiger partial charge >= 0.3 is 5.63 Å². The van der Waals surface area contributed by atoms with E-state index in [2.05, 4.69) is 0 Å². The second-order valence-electron chi connectivity index (χ2n) is 6.64. The molecular formula is C24H17NO3S. The van der Waals surface area contributed by atoms with Crippen LogP contribution in [0, 0.1) is 0 Å². The molecule has 0 fully saturated rings. The van der Waals surface area contributed by atoms with E-state index in [1.54, 1.807) is 0 Å². The minimum absolute atomic E-state index is 0.375. The quantitative estimate of drug-likeness (QED) is 0.269. The minimum atomic E-state index is -0.375. The molecule has 0 aliphatic heterocycles. The Kier molecular flexibility index (Phi) is 4.37. The van der Waals surface area contributed by atoms with Gasteiger partial charge in [0.1, 0.15) is 16.3 Å². The van der Waals surface area contributed by atoms with Gasteiger partial charge in [0.05, 0.1) is 17.9 Å². The molecule has 29 heavy (non-hydrogen) atoms. The number of ether oxygens (including phenoxy) is 1. The SMILES string of the molecule is CCOc1ccc(-c2csc(-c3cc4c(ccc5ccccc54)oc3=O)n2)cc1. The molecule has 0 bridgehead atoms. The Labute approximate surface area is 171 Å². The second kappa shape index (κ2) is 7.18. The average molecular weight is 399 g/mol. The Morgan fingerprint density at radius 1 is 1.00 bits per heavy atom. The van der Waals surface area contributed by atoms with Gasteiger partial charge in [-0.3, -0.25) is 0 Å². The third-order valence-electron chi connectivity index (χ3n) is 4.84. The molecular weight excluding hydrogens is 382 g/mol. The first-order valence-electron chi connectivity index (χ1n) is 9.37. The molecule has 0 saturated carbocycles. The van der Waals surface area contributed by atoms with Gasteiger partial charge in [0.25, 0.3) is 0 Å². The second-order valence-corrected chi connectivity index (χ2v) is 7.50. The van der Waals surface area contributed by atoms with Crippen molar-refractivity contribution < 1.29 is 9.15 Å². The van der Waals surface area contributed by atoms with Gasteiger partial charge in [0, 0.05) is 16.3 Å². The van der Waals surface area contributed by atoms with Crippen molar-refractivity contribution in [3.05, 3.63) is 82.5 Å². The van der Waals surface area contributed by atoms with E-state index in [0.29, 0.717) is 22.8 Å². The summed E-state index contributed by atoms with van der Waals surface area (Å²) in [4.78, 5) is 17.3. The van der Waals surface area contributed by atoms with Crippen molar-refractivity contribution in [2.75, 3.05) is 6.61 Å². The topological polar surface area (TPSA) is 52.3 Å². The number of hydrogen-bond donors (Lipinski definition) is 0. The third-order valence-corrected chi connectivity index (χ3v) is 5.71. The normalized spacial score (nSPS) is 11.2. The fraction of sp³-hybridized carbons (Fsp3) is 0.0833. The van der Waals surface area contributed by atoms with Gasteiger partial charge in [-0.25, -0.2) is 9.78 Å². The Hall–Kier alpha value is -3.44. The van der Waals surface area contributed by atoms with Crippen LogP contribution in [0.3, 0.4) is 0 Å². The number of rotatable bonds is 4. The molecule has 0 amide bonds. The summed E-state index contributed by atoms with van der Waals surface area (Å²) in [6.45, 7) is 2.59. The molecule has 0 aliphatic carbocycles. The van der Waals surface area contributed by atoms with Crippen LogP contribution < -0.4 is 10.4 Å². The molecule has 5 heteroatoms. The zero-order chi connectivity index (χ0) is 19.8. The molecule has 0 spiro atoms. The zero-order valence-electron chi connectivity index (χ0n) is 15.7. The summed E-state index contributed by atoms with van der Waals surface area (Å²) < 4.78 is 11.1. The van der Waals surface area contributed by atoms with Crippen LogP contribution in [-0.2, 0) is 0 Å². The van der Waals surface area contributed by atoms with Crippen LogP contribution in [-0.4, -0.2) is 11.6 Å². The molecule has 0 aliphatic rings. The first kappa shape index (κ1) is 17.6. The van der Waals surface area contributed by atoms with Crippen molar-refractivity contribution in [1.82, 2.24) is 4.98 Å². The van der Waals surface area contributed by atoms with Gasteiger partial charge in [0.2, 0.25) is 0 Å². The highest BCUT2D eigenvalue weighted by molar-refractivity contribution is 7.13. The standard InChI is InChI=1S/C24H17NO3S/c1-2-27-17-10-7-16(8-11-17)21-14-29-23(25-21)20-13-19-18-6-4-3-5-15(18)9-12-22(19)28-24(20)26/h3-14H,2H2,1H3. The van der Waals surface area contributed by atoms with E-state index in [-0.39, 0.29) is 5.63 Å². The van der Waals surface area contributed by atoms with Crippen LogP contribution in [0.25, 0.3) is 43.6 Å². The van der Waals surface area contributed by atoms with E-state index in [4.69, 9.17) is 14.1 Å². The summed E-state index contributed by atoms with van der Waals surface area (Å²) in [5.41, 5.74) is 2.49. The van der Waals surface area contributed by atoms with Gasteiger partial charge < -0.3 is 9.15 Å². The highest BCUT2D eigenvalue weighted by atomic mass is 32.1. The van der Waals surface area contributed by atoms with Crippen LogP contribution in [0.1, 0.15) is 6.92 Å². The molecule has 0 radical (unpaired) electrons. The van der Waals surface area contributed by atoms with E-state index < -0.39 is 0 Å². The molecule has 5 aromatic rings. The van der Waals surface area contributed by atoms with Crippen molar-refractivity contribution >= 4 is 33.1 Å². The number of thiazole rings is 1. The highest BCUT2D eigenvalue weighted by Gasteiger charge is 2.14. The molecule has 2 aromatic heterocycles. The molecule has 0 atom stereocenters. The largest absolute Gasteiger partial charge is 0.494 e.